The Morgan fingerprint density at radius 1 is 1.20 bits per heavy atom. The molecule has 162 valence electrons. The minimum atomic E-state index is -5.09. The number of likely N-dealkylation sites (tertiary alicyclic amines) is 1. The van der Waals surface area contributed by atoms with E-state index in [2.05, 4.69) is 5.32 Å². The van der Waals surface area contributed by atoms with Crippen LogP contribution in [0.15, 0.2) is 18.2 Å². The van der Waals surface area contributed by atoms with Crippen molar-refractivity contribution in [1.82, 2.24) is 10.2 Å². The van der Waals surface area contributed by atoms with E-state index in [1.165, 1.54) is 4.90 Å². The average molecular weight is 434 g/mol. The predicted octanol–water partition coefficient (Wildman–Crippen LogP) is 3.64. The molecule has 30 heavy (non-hydrogen) atoms. The Kier molecular flexibility index (Phi) is 4.74. The molecule has 2 heterocycles. The van der Waals surface area contributed by atoms with Crippen molar-refractivity contribution in [3.8, 4) is 0 Å². The van der Waals surface area contributed by atoms with Gasteiger partial charge in [-0.05, 0) is 31.1 Å². The molecule has 1 aromatic carbocycles. The highest BCUT2D eigenvalue weighted by Gasteiger charge is 2.54. The third-order valence-electron chi connectivity index (χ3n) is 5.72. The molecule has 0 bridgehead atoms. The van der Waals surface area contributed by atoms with Crippen LogP contribution in [0.2, 0.25) is 0 Å². The van der Waals surface area contributed by atoms with Gasteiger partial charge in [0.05, 0.1) is 11.1 Å². The lowest BCUT2D eigenvalue weighted by atomic mass is 9.68. The molecule has 2 amide bonds. The summed E-state index contributed by atoms with van der Waals surface area (Å²) in [5, 5.41) is 2.68. The summed E-state index contributed by atoms with van der Waals surface area (Å²) < 4.78 is 84.4. The van der Waals surface area contributed by atoms with Gasteiger partial charge in [0.25, 0.3) is 0 Å². The number of amides is 2. The van der Waals surface area contributed by atoms with Crippen molar-refractivity contribution in [3.63, 3.8) is 0 Å². The Balaban J connectivity index is 1.35. The summed E-state index contributed by atoms with van der Waals surface area (Å²) >= 11 is 0. The summed E-state index contributed by atoms with van der Waals surface area (Å²) in [5.41, 5.74) is -3.21. The SMILES string of the molecule is O=C1NC2(CO1)CC(C(=O)N1CC(/C=C(\F)c3ccc(C(F)(F)F)c(F)c3F)C1)C2. The Morgan fingerprint density at radius 3 is 2.43 bits per heavy atom. The van der Waals surface area contributed by atoms with E-state index in [9.17, 15) is 35.9 Å². The van der Waals surface area contributed by atoms with Crippen molar-refractivity contribution in [2.45, 2.75) is 24.6 Å². The Hall–Kier alpha value is -2.72. The van der Waals surface area contributed by atoms with Crippen molar-refractivity contribution < 1.29 is 40.7 Å². The molecule has 2 saturated heterocycles. The molecule has 0 radical (unpaired) electrons. The quantitative estimate of drug-likeness (QED) is 0.740. The van der Waals surface area contributed by atoms with E-state index in [1.54, 1.807) is 0 Å². The van der Waals surface area contributed by atoms with E-state index in [4.69, 9.17) is 4.74 Å². The van der Waals surface area contributed by atoms with Crippen LogP contribution in [-0.2, 0) is 15.7 Å². The summed E-state index contributed by atoms with van der Waals surface area (Å²) in [6.07, 6.45) is -3.75. The van der Waals surface area contributed by atoms with Gasteiger partial charge < -0.3 is 15.0 Å². The minimum Gasteiger partial charge on any atom is -0.447 e. The second-order valence-electron chi connectivity index (χ2n) is 7.89. The molecular weight excluding hydrogens is 418 g/mol. The molecule has 11 heteroatoms. The Bertz CT molecular complexity index is 933. The highest BCUT2D eigenvalue weighted by Crippen LogP contribution is 2.42. The molecule has 3 aliphatic rings. The maximum atomic E-state index is 14.3. The molecular formula is C19H16F6N2O3. The zero-order chi connectivity index (χ0) is 21.8. The van der Waals surface area contributed by atoms with Crippen molar-refractivity contribution in [2.24, 2.45) is 11.8 Å². The van der Waals surface area contributed by atoms with E-state index in [1.807, 2.05) is 0 Å². The summed E-state index contributed by atoms with van der Waals surface area (Å²) in [6, 6.07) is 0.830. The van der Waals surface area contributed by atoms with Gasteiger partial charge in [-0.3, -0.25) is 4.79 Å². The number of hydrogen-bond acceptors (Lipinski definition) is 3. The van der Waals surface area contributed by atoms with Crippen LogP contribution in [0.3, 0.4) is 0 Å². The van der Waals surface area contributed by atoms with E-state index in [-0.39, 0.29) is 37.6 Å². The minimum absolute atomic E-state index is 0.154. The first kappa shape index (κ1) is 20.5. The lowest BCUT2D eigenvalue weighted by molar-refractivity contribution is -0.146. The van der Waals surface area contributed by atoms with Gasteiger partial charge in [0.1, 0.15) is 12.4 Å². The lowest BCUT2D eigenvalue weighted by Crippen LogP contribution is -2.61. The van der Waals surface area contributed by atoms with Crippen LogP contribution in [0.5, 0.6) is 0 Å². The largest absolute Gasteiger partial charge is 0.447 e. The molecule has 0 unspecified atom stereocenters. The van der Waals surface area contributed by atoms with Crippen LogP contribution < -0.4 is 5.32 Å². The number of benzene rings is 1. The predicted molar refractivity (Wildman–Crippen MR) is 90.5 cm³/mol. The van der Waals surface area contributed by atoms with Gasteiger partial charge in [0.2, 0.25) is 5.91 Å². The third-order valence-corrected chi connectivity index (χ3v) is 5.72. The summed E-state index contributed by atoms with van der Waals surface area (Å²) in [7, 11) is 0. The first-order valence-corrected chi connectivity index (χ1v) is 9.16. The zero-order valence-corrected chi connectivity index (χ0v) is 15.4. The standard InChI is InChI=1S/C19H16F6N2O3/c20-13(11-1-2-12(19(23,24)25)15(22)14(11)21)3-9-6-27(7-9)16(28)10-4-18(5-10)8-30-17(29)26-18/h1-3,9-10H,4-8H2,(H,26,29)/b13-3-. The molecule has 1 N–H and O–H groups in total. The van der Waals surface area contributed by atoms with Crippen molar-refractivity contribution in [1.29, 1.82) is 0 Å². The second kappa shape index (κ2) is 6.92. The van der Waals surface area contributed by atoms with Crippen LogP contribution in [0.1, 0.15) is 24.0 Å². The van der Waals surface area contributed by atoms with E-state index >= 15 is 0 Å². The summed E-state index contributed by atoms with van der Waals surface area (Å²) in [6.45, 7) is 0.522. The number of rotatable bonds is 3. The second-order valence-corrected chi connectivity index (χ2v) is 7.89. The molecule has 1 spiro atoms. The average Bonchev–Trinajstić information content (AvgIpc) is 2.99. The molecule has 0 aromatic heterocycles. The van der Waals surface area contributed by atoms with Crippen LogP contribution in [-0.4, -0.2) is 42.1 Å². The fourth-order valence-corrected chi connectivity index (χ4v) is 4.08. The van der Waals surface area contributed by atoms with E-state index in [0.717, 1.165) is 6.08 Å². The van der Waals surface area contributed by atoms with Gasteiger partial charge in [-0.1, -0.05) is 0 Å². The Labute approximate surface area is 166 Å². The number of cyclic esters (lactones) is 1. The Morgan fingerprint density at radius 2 is 1.87 bits per heavy atom. The molecule has 0 atom stereocenters. The fraction of sp³-hybridized carbons (Fsp3) is 0.474. The van der Waals surface area contributed by atoms with Crippen LogP contribution >= 0.6 is 0 Å². The summed E-state index contributed by atoms with van der Waals surface area (Å²) in [4.78, 5) is 25.0. The number of carbonyl (C=O) groups is 2. The first-order chi connectivity index (χ1) is 14.0. The first-order valence-electron chi connectivity index (χ1n) is 9.16. The van der Waals surface area contributed by atoms with Crippen molar-refractivity contribution >= 4 is 17.8 Å². The molecule has 3 fully saturated rings. The van der Waals surface area contributed by atoms with Gasteiger partial charge in [-0.2, -0.15) is 13.2 Å². The van der Waals surface area contributed by atoms with Crippen LogP contribution in [0.25, 0.3) is 5.83 Å². The number of hydrogen-bond donors (Lipinski definition) is 1. The molecule has 2 aliphatic heterocycles. The normalized spacial score (nSPS) is 26.9. The number of halogens is 6. The smallest absolute Gasteiger partial charge is 0.419 e. The molecule has 1 aliphatic carbocycles. The third kappa shape index (κ3) is 3.50. The fourth-order valence-electron chi connectivity index (χ4n) is 4.08. The van der Waals surface area contributed by atoms with Crippen molar-refractivity contribution in [2.75, 3.05) is 19.7 Å². The monoisotopic (exact) mass is 434 g/mol. The van der Waals surface area contributed by atoms with Gasteiger partial charge >= 0.3 is 12.3 Å². The number of ether oxygens (including phenoxy) is 1. The van der Waals surface area contributed by atoms with Gasteiger partial charge in [-0.15, -0.1) is 0 Å². The maximum Gasteiger partial charge on any atom is 0.419 e. The van der Waals surface area contributed by atoms with Gasteiger partial charge in [0.15, 0.2) is 11.6 Å². The van der Waals surface area contributed by atoms with Gasteiger partial charge in [-0.25, -0.2) is 18.0 Å². The van der Waals surface area contributed by atoms with Crippen LogP contribution in [0.4, 0.5) is 31.1 Å². The number of carbonyl (C=O) groups excluding carboxylic acids is 2. The maximum absolute atomic E-state index is 14.3. The zero-order valence-electron chi connectivity index (χ0n) is 15.4. The number of nitrogens with zero attached hydrogens (tertiary/aromatic N) is 1. The number of alkyl carbamates (subject to hydrolysis) is 1. The number of nitrogens with one attached hydrogen (secondary N) is 1. The molecule has 1 aromatic rings. The van der Waals surface area contributed by atoms with Crippen LogP contribution in [0, 0.1) is 23.5 Å². The molecule has 5 nitrogen and oxygen atoms in total. The topological polar surface area (TPSA) is 58.6 Å². The van der Waals surface area contributed by atoms with Crippen molar-refractivity contribution in [3.05, 3.63) is 41.0 Å². The number of alkyl halides is 3. The van der Waals surface area contributed by atoms with E-state index in [0.29, 0.717) is 18.9 Å². The lowest BCUT2D eigenvalue weighted by Gasteiger charge is -2.47. The van der Waals surface area contributed by atoms with Gasteiger partial charge in [0, 0.05) is 30.5 Å². The highest BCUT2D eigenvalue weighted by molar-refractivity contribution is 5.82. The molecule has 1 saturated carbocycles. The van der Waals surface area contributed by atoms with E-state index < -0.39 is 52.3 Å². The summed E-state index contributed by atoms with van der Waals surface area (Å²) in [5.74, 6) is -6.17. The highest BCUT2D eigenvalue weighted by atomic mass is 19.4. The molecule has 4 rings (SSSR count).